The Morgan fingerprint density at radius 3 is 2.37 bits per heavy atom. The molecule has 27 heavy (non-hydrogen) atoms. The van der Waals surface area contributed by atoms with Crippen molar-refractivity contribution in [3.05, 3.63) is 77.7 Å². The molecule has 0 spiro atoms. The smallest absolute Gasteiger partial charge is 0.276 e. The van der Waals surface area contributed by atoms with Gasteiger partial charge in [0.15, 0.2) is 5.69 Å². The lowest BCUT2D eigenvalue weighted by Gasteiger charge is -2.19. The van der Waals surface area contributed by atoms with E-state index in [1.807, 2.05) is 36.4 Å². The molecule has 3 aromatic rings. The van der Waals surface area contributed by atoms with E-state index in [-0.39, 0.29) is 17.0 Å². The first-order chi connectivity index (χ1) is 12.9. The van der Waals surface area contributed by atoms with Crippen LogP contribution in [0.4, 0.5) is 11.5 Å². The van der Waals surface area contributed by atoms with Gasteiger partial charge in [-0.2, -0.15) is 0 Å². The van der Waals surface area contributed by atoms with Crippen LogP contribution in [0.3, 0.4) is 0 Å². The highest BCUT2D eigenvalue weighted by Crippen LogP contribution is 2.23. The quantitative estimate of drug-likeness (QED) is 0.717. The maximum absolute atomic E-state index is 12.3. The summed E-state index contributed by atoms with van der Waals surface area (Å²) in [5.74, 6) is 0.315. The van der Waals surface area contributed by atoms with Crippen LogP contribution in [0.2, 0.25) is 0 Å². The van der Waals surface area contributed by atoms with Gasteiger partial charge < -0.3 is 10.6 Å². The molecule has 1 aromatic carbocycles. The number of amides is 1. The van der Waals surface area contributed by atoms with Crippen LogP contribution in [-0.2, 0) is 12.0 Å². The number of anilines is 2. The maximum Gasteiger partial charge on any atom is 0.276 e. The number of hydrogen-bond donors (Lipinski definition) is 2. The van der Waals surface area contributed by atoms with Crippen molar-refractivity contribution in [2.24, 2.45) is 0 Å². The molecule has 0 unspecified atom stereocenters. The average molecular weight is 361 g/mol. The van der Waals surface area contributed by atoms with Gasteiger partial charge in [0.05, 0.1) is 0 Å². The average Bonchev–Trinajstić information content (AvgIpc) is 2.67. The third-order valence-electron chi connectivity index (χ3n) is 4.10. The first-order valence-electron chi connectivity index (χ1n) is 8.80. The zero-order valence-corrected chi connectivity index (χ0v) is 15.7. The molecule has 0 aliphatic heterocycles. The van der Waals surface area contributed by atoms with Crippen LogP contribution in [0.15, 0.2) is 60.9 Å². The Balaban J connectivity index is 1.58. The Labute approximate surface area is 159 Å². The van der Waals surface area contributed by atoms with Gasteiger partial charge in [0.1, 0.15) is 5.82 Å². The second kappa shape index (κ2) is 7.95. The van der Waals surface area contributed by atoms with Crippen LogP contribution in [0.1, 0.15) is 42.4 Å². The van der Waals surface area contributed by atoms with Crippen LogP contribution in [0, 0.1) is 0 Å². The van der Waals surface area contributed by atoms with Crippen LogP contribution in [0.25, 0.3) is 0 Å². The van der Waals surface area contributed by atoms with Crippen molar-refractivity contribution in [2.45, 2.75) is 32.7 Å². The Morgan fingerprint density at radius 1 is 1.00 bits per heavy atom. The first-order valence-corrected chi connectivity index (χ1v) is 8.80. The second-order valence-electron chi connectivity index (χ2n) is 7.30. The molecular weight excluding hydrogens is 338 g/mol. The van der Waals surface area contributed by atoms with Crippen molar-refractivity contribution in [3.8, 4) is 0 Å². The van der Waals surface area contributed by atoms with E-state index in [0.717, 1.165) is 11.3 Å². The molecule has 0 saturated heterocycles. The van der Waals surface area contributed by atoms with E-state index in [9.17, 15) is 4.79 Å². The number of nitrogens with zero attached hydrogens (tertiary/aromatic N) is 3. The Hall–Kier alpha value is -3.28. The van der Waals surface area contributed by atoms with Crippen molar-refractivity contribution < 1.29 is 4.79 Å². The van der Waals surface area contributed by atoms with E-state index >= 15 is 0 Å². The number of carbonyl (C=O) groups is 1. The molecule has 138 valence electrons. The Kier molecular flexibility index (Phi) is 5.45. The van der Waals surface area contributed by atoms with Gasteiger partial charge in [0.2, 0.25) is 0 Å². The van der Waals surface area contributed by atoms with Crippen molar-refractivity contribution >= 4 is 17.4 Å². The highest BCUT2D eigenvalue weighted by atomic mass is 16.1. The predicted molar refractivity (Wildman–Crippen MR) is 107 cm³/mol. The molecule has 0 saturated carbocycles. The Bertz CT molecular complexity index is 885. The fourth-order valence-corrected chi connectivity index (χ4v) is 2.49. The van der Waals surface area contributed by atoms with E-state index < -0.39 is 0 Å². The molecule has 6 nitrogen and oxygen atoms in total. The van der Waals surface area contributed by atoms with Gasteiger partial charge in [-0.15, -0.1) is 10.2 Å². The predicted octanol–water partition coefficient (Wildman–Crippen LogP) is 4.03. The molecule has 2 N–H and O–H groups in total. The molecule has 0 aliphatic carbocycles. The van der Waals surface area contributed by atoms with Gasteiger partial charge in [-0.25, -0.2) is 0 Å². The summed E-state index contributed by atoms with van der Waals surface area (Å²) in [4.78, 5) is 16.4. The minimum absolute atomic E-state index is 0.0760. The fourth-order valence-electron chi connectivity index (χ4n) is 2.49. The molecule has 0 radical (unpaired) electrons. The molecule has 0 bridgehead atoms. The summed E-state index contributed by atoms with van der Waals surface area (Å²) in [5, 5.41) is 14.1. The zero-order valence-electron chi connectivity index (χ0n) is 15.7. The van der Waals surface area contributed by atoms with Gasteiger partial charge in [0, 0.05) is 24.6 Å². The summed E-state index contributed by atoms with van der Waals surface area (Å²) in [6, 6.07) is 15.1. The summed E-state index contributed by atoms with van der Waals surface area (Å²) >= 11 is 0. The number of rotatable bonds is 5. The van der Waals surface area contributed by atoms with Crippen molar-refractivity contribution in [1.82, 2.24) is 15.2 Å². The molecule has 2 heterocycles. The summed E-state index contributed by atoms with van der Waals surface area (Å²) < 4.78 is 0. The molecule has 0 aliphatic rings. The van der Waals surface area contributed by atoms with Gasteiger partial charge in [-0.05, 0) is 46.9 Å². The van der Waals surface area contributed by atoms with Gasteiger partial charge in [0.25, 0.3) is 5.91 Å². The van der Waals surface area contributed by atoms with Gasteiger partial charge in [-0.1, -0.05) is 39.0 Å². The minimum Gasteiger partial charge on any atom is -0.364 e. The van der Waals surface area contributed by atoms with Crippen molar-refractivity contribution in [2.75, 3.05) is 10.6 Å². The number of nitrogens with one attached hydrogen (secondary N) is 2. The number of carbonyl (C=O) groups excluding carboxylic acids is 1. The first kappa shape index (κ1) is 18.5. The van der Waals surface area contributed by atoms with E-state index in [2.05, 4.69) is 46.6 Å². The highest BCUT2D eigenvalue weighted by molar-refractivity contribution is 6.02. The lowest BCUT2D eigenvalue weighted by molar-refractivity contribution is 0.102. The number of hydrogen-bond acceptors (Lipinski definition) is 5. The topological polar surface area (TPSA) is 79.8 Å². The largest absolute Gasteiger partial charge is 0.364 e. The fraction of sp³-hybridized carbons (Fsp3) is 0.238. The molecule has 0 fully saturated rings. The van der Waals surface area contributed by atoms with Crippen LogP contribution < -0.4 is 10.6 Å². The summed E-state index contributed by atoms with van der Waals surface area (Å²) in [6.45, 7) is 7.05. The number of aromatic nitrogens is 3. The van der Waals surface area contributed by atoms with Gasteiger partial charge in [-0.3, -0.25) is 9.78 Å². The monoisotopic (exact) mass is 361 g/mol. The number of pyridine rings is 1. The van der Waals surface area contributed by atoms with Crippen LogP contribution >= 0.6 is 0 Å². The SMILES string of the molecule is CC(C)(C)c1ccc(NC(=O)c2ccc(NCc3cccnc3)nn2)cc1. The van der Waals surface area contributed by atoms with E-state index in [0.29, 0.717) is 12.4 Å². The van der Waals surface area contributed by atoms with E-state index in [1.54, 1.807) is 24.5 Å². The Morgan fingerprint density at radius 2 is 1.78 bits per heavy atom. The third-order valence-corrected chi connectivity index (χ3v) is 4.10. The lowest BCUT2D eigenvalue weighted by Crippen LogP contribution is -2.15. The molecule has 6 heteroatoms. The minimum atomic E-state index is -0.287. The second-order valence-corrected chi connectivity index (χ2v) is 7.30. The normalized spacial score (nSPS) is 11.1. The highest BCUT2D eigenvalue weighted by Gasteiger charge is 2.14. The molecule has 2 aromatic heterocycles. The van der Waals surface area contributed by atoms with Crippen LogP contribution in [0.5, 0.6) is 0 Å². The third kappa shape index (κ3) is 5.10. The number of benzene rings is 1. The van der Waals surface area contributed by atoms with Gasteiger partial charge >= 0.3 is 0 Å². The van der Waals surface area contributed by atoms with E-state index in [4.69, 9.17) is 0 Å². The summed E-state index contributed by atoms with van der Waals surface area (Å²) in [6.07, 6.45) is 3.51. The summed E-state index contributed by atoms with van der Waals surface area (Å²) in [5.41, 5.74) is 3.33. The van der Waals surface area contributed by atoms with Crippen molar-refractivity contribution in [3.63, 3.8) is 0 Å². The van der Waals surface area contributed by atoms with Crippen molar-refractivity contribution in [1.29, 1.82) is 0 Å². The zero-order chi connectivity index (χ0) is 19.3. The maximum atomic E-state index is 12.3. The molecule has 0 atom stereocenters. The van der Waals surface area contributed by atoms with Crippen LogP contribution in [-0.4, -0.2) is 21.1 Å². The molecule has 1 amide bonds. The van der Waals surface area contributed by atoms with E-state index in [1.165, 1.54) is 5.56 Å². The standard InChI is InChI=1S/C21H23N5O/c1-21(2,3)16-6-8-17(9-7-16)24-20(27)18-10-11-19(26-25-18)23-14-15-5-4-12-22-13-15/h4-13H,14H2,1-3H3,(H,23,26)(H,24,27). The molecular formula is C21H23N5O. The lowest BCUT2D eigenvalue weighted by atomic mass is 9.87. The summed E-state index contributed by atoms with van der Waals surface area (Å²) in [7, 11) is 0. The molecule has 3 rings (SSSR count).